The molecule has 0 bridgehead atoms. The van der Waals surface area contributed by atoms with Crippen molar-refractivity contribution in [2.75, 3.05) is 13.7 Å². The molecule has 4 nitrogen and oxygen atoms in total. The van der Waals surface area contributed by atoms with Crippen LogP contribution in [0.15, 0.2) is 17.8 Å². The van der Waals surface area contributed by atoms with E-state index < -0.39 is 0 Å². The first kappa shape index (κ1) is 11.6. The third kappa shape index (κ3) is 2.61. The van der Waals surface area contributed by atoms with Crippen molar-refractivity contribution in [1.29, 1.82) is 0 Å². The second-order valence-electron chi connectivity index (χ2n) is 3.77. The molecule has 0 saturated carbocycles. The van der Waals surface area contributed by atoms with Gasteiger partial charge < -0.3 is 10.1 Å². The summed E-state index contributed by atoms with van der Waals surface area (Å²) < 4.78 is 7.20. The van der Waals surface area contributed by atoms with E-state index in [0.29, 0.717) is 6.04 Å². The topological polar surface area (TPSA) is 38.6 Å². The Kier molecular flexibility index (Phi) is 3.93. The molecule has 0 spiro atoms. The zero-order valence-corrected chi connectivity index (χ0v) is 10.5. The Morgan fingerprint density at radius 3 is 3.19 bits per heavy atom. The van der Waals surface area contributed by atoms with Crippen molar-refractivity contribution in [2.24, 2.45) is 0 Å². The molecule has 0 amide bonds. The normalized spacial score (nSPS) is 13.4. The molecular formula is C11H17N3OS. The van der Waals surface area contributed by atoms with E-state index in [1.807, 2.05) is 11.6 Å². The number of rotatable bonds is 6. The van der Waals surface area contributed by atoms with E-state index in [2.05, 4.69) is 27.8 Å². The fourth-order valence-corrected chi connectivity index (χ4v) is 2.35. The molecule has 1 atom stereocenters. The number of hydrogen-bond acceptors (Lipinski definition) is 4. The second kappa shape index (κ2) is 5.43. The number of ether oxygens (including phenoxy) is 1. The van der Waals surface area contributed by atoms with Gasteiger partial charge in [0.05, 0.1) is 12.3 Å². The smallest absolute Gasteiger partial charge is 0.193 e. The highest BCUT2D eigenvalue weighted by molar-refractivity contribution is 7.15. The van der Waals surface area contributed by atoms with Gasteiger partial charge in [0.2, 0.25) is 0 Å². The van der Waals surface area contributed by atoms with Crippen LogP contribution in [0.4, 0.5) is 0 Å². The second-order valence-corrected chi connectivity index (χ2v) is 4.64. The molecule has 0 aliphatic carbocycles. The zero-order chi connectivity index (χ0) is 11.4. The first-order chi connectivity index (χ1) is 7.83. The largest absolute Gasteiger partial charge is 0.383 e. The molecule has 88 valence electrons. The Morgan fingerprint density at radius 2 is 2.50 bits per heavy atom. The number of thiazole rings is 1. The number of aromatic nitrogens is 2. The predicted molar refractivity (Wildman–Crippen MR) is 65.9 cm³/mol. The molecule has 5 heteroatoms. The molecule has 2 aromatic heterocycles. The maximum Gasteiger partial charge on any atom is 0.193 e. The van der Waals surface area contributed by atoms with Gasteiger partial charge in [0.25, 0.3) is 0 Å². The van der Waals surface area contributed by atoms with Gasteiger partial charge in [0.1, 0.15) is 0 Å². The summed E-state index contributed by atoms with van der Waals surface area (Å²) in [6.07, 6.45) is 5.16. The van der Waals surface area contributed by atoms with Crippen molar-refractivity contribution < 1.29 is 4.74 Å². The number of imidazole rings is 1. The van der Waals surface area contributed by atoms with Crippen LogP contribution in [0.5, 0.6) is 0 Å². The Hall–Kier alpha value is -0.910. The summed E-state index contributed by atoms with van der Waals surface area (Å²) in [7, 11) is 1.73. The summed E-state index contributed by atoms with van der Waals surface area (Å²) in [5.74, 6) is 0. The van der Waals surface area contributed by atoms with Gasteiger partial charge in [-0.15, -0.1) is 11.3 Å². The van der Waals surface area contributed by atoms with Crippen molar-refractivity contribution in [3.63, 3.8) is 0 Å². The van der Waals surface area contributed by atoms with Gasteiger partial charge in [-0.1, -0.05) is 6.92 Å². The molecule has 2 aromatic rings. The van der Waals surface area contributed by atoms with Gasteiger partial charge in [-0.2, -0.15) is 0 Å². The van der Waals surface area contributed by atoms with Crippen LogP contribution in [0.1, 0.15) is 19.0 Å². The van der Waals surface area contributed by atoms with Crippen molar-refractivity contribution in [2.45, 2.75) is 25.9 Å². The highest BCUT2D eigenvalue weighted by atomic mass is 32.1. The molecule has 0 radical (unpaired) electrons. The molecule has 0 aromatic carbocycles. The molecule has 0 aliphatic heterocycles. The quantitative estimate of drug-likeness (QED) is 0.837. The van der Waals surface area contributed by atoms with Crippen LogP contribution in [0.2, 0.25) is 0 Å². The number of methoxy groups -OCH3 is 1. The highest BCUT2D eigenvalue weighted by Gasteiger charge is 2.07. The minimum absolute atomic E-state index is 0.407. The van der Waals surface area contributed by atoms with Crippen LogP contribution in [0.25, 0.3) is 4.96 Å². The fourth-order valence-electron chi connectivity index (χ4n) is 1.63. The van der Waals surface area contributed by atoms with E-state index in [4.69, 9.17) is 4.74 Å². The first-order valence-corrected chi connectivity index (χ1v) is 6.35. The SMILES string of the molecule is CCC(COC)NCc1cn2ccsc2n1. The maximum absolute atomic E-state index is 5.14. The van der Waals surface area contributed by atoms with Crippen LogP contribution >= 0.6 is 11.3 Å². The summed E-state index contributed by atoms with van der Waals surface area (Å²) >= 11 is 1.66. The third-order valence-corrected chi connectivity index (χ3v) is 3.35. The monoisotopic (exact) mass is 239 g/mol. The van der Waals surface area contributed by atoms with Crippen molar-refractivity contribution in [3.05, 3.63) is 23.5 Å². The molecule has 0 saturated heterocycles. The van der Waals surface area contributed by atoms with Crippen LogP contribution in [0.3, 0.4) is 0 Å². The molecular weight excluding hydrogens is 222 g/mol. The molecule has 1 unspecified atom stereocenters. The van der Waals surface area contributed by atoms with E-state index in [-0.39, 0.29) is 0 Å². The summed E-state index contributed by atoms with van der Waals surface area (Å²) in [4.78, 5) is 5.57. The molecule has 1 N–H and O–H groups in total. The number of fused-ring (bicyclic) bond motifs is 1. The number of nitrogens with zero attached hydrogens (tertiary/aromatic N) is 2. The minimum atomic E-state index is 0.407. The van der Waals surface area contributed by atoms with Gasteiger partial charge in [0, 0.05) is 37.5 Å². The van der Waals surface area contributed by atoms with Crippen molar-refractivity contribution in [3.8, 4) is 0 Å². The van der Waals surface area contributed by atoms with Crippen molar-refractivity contribution in [1.82, 2.24) is 14.7 Å². The molecule has 0 aliphatic rings. The molecule has 0 fully saturated rings. The van der Waals surface area contributed by atoms with Gasteiger partial charge in [-0.3, -0.25) is 4.40 Å². The predicted octanol–water partition coefficient (Wildman–Crippen LogP) is 1.91. The van der Waals surface area contributed by atoms with Gasteiger partial charge in [-0.25, -0.2) is 4.98 Å². The summed E-state index contributed by atoms with van der Waals surface area (Å²) in [5, 5.41) is 5.48. The van der Waals surface area contributed by atoms with E-state index >= 15 is 0 Å². The van der Waals surface area contributed by atoms with Crippen molar-refractivity contribution >= 4 is 16.3 Å². The minimum Gasteiger partial charge on any atom is -0.383 e. The zero-order valence-electron chi connectivity index (χ0n) is 9.64. The van der Waals surface area contributed by atoms with Gasteiger partial charge >= 0.3 is 0 Å². The lowest BCUT2D eigenvalue weighted by molar-refractivity contribution is 0.163. The number of nitrogens with one attached hydrogen (secondary N) is 1. The standard InChI is InChI=1S/C11H17N3OS/c1-3-9(8-15-2)12-6-10-7-14-4-5-16-11(14)13-10/h4-5,7,9,12H,3,6,8H2,1-2H3. The highest BCUT2D eigenvalue weighted by Crippen LogP contribution is 2.11. The Morgan fingerprint density at radius 1 is 1.62 bits per heavy atom. The van der Waals surface area contributed by atoms with Gasteiger partial charge in [-0.05, 0) is 6.42 Å². The lowest BCUT2D eigenvalue weighted by Crippen LogP contribution is -2.32. The number of hydrogen-bond donors (Lipinski definition) is 1. The molecule has 16 heavy (non-hydrogen) atoms. The lowest BCUT2D eigenvalue weighted by Gasteiger charge is -2.14. The van der Waals surface area contributed by atoms with Gasteiger partial charge in [0.15, 0.2) is 4.96 Å². The Bertz CT molecular complexity index is 409. The Balaban J connectivity index is 1.92. The van der Waals surface area contributed by atoms with E-state index in [1.165, 1.54) is 0 Å². The Labute approximate surface area is 99.3 Å². The lowest BCUT2D eigenvalue weighted by atomic mass is 10.2. The average Bonchev–Trinajstić information content (AvgIpc) is 2.84. The molecule has 2 rings (SSSR count). The average molecular weight is 239 g/mol. The molecule has 2 heterocycles. The first-order valence-electron chi connectivity index (χ1n) is 5.47. The van der Waals surface area contributed by atoms with E-state index in [1.54, 1.807) is 18.4 Å². The summed E-state index contributed by atoms with van der Waals surface area (Å²) in [6.45, 7) is 3.71. The fraction of sp³-hybridized carbons (Fsp3) is 0.545. The van der Waals surface area contributed by atoms with Crippen LogP contribution < -0.4 is 5.32 Å². The third-order valence-electron chi connectivity index (χ3n) is 2.58. The maximum atomic E-state index is 5.14. The van der Waals surface area contributed by atoms with Crippen LogP contribution in [-0.4, -0.2) is 29.1 Å². The van der Waals surface area contributed by atoms with Crippen LogP contribution in [-0.2, 0) is 11.3 Å². The summed E-state index contributed by atoms with van der Waals surface area (Å²) in [6, 6.07) is 0.407. The van der Waals surface area contributed by atoms with Crippen LogP contribution in [0, 0.1) is 0 Å². The van der Waals surface area contributed by atoms with E-state index in [0.717, 1.165) is 30.2 Å². The van der Waals surface area contributed by atoms with E-state index in [9.17, 15) is 0 Å². The summed E-state index contributed by atoms with van der Waals surface area (Å²) in [5.41, 5.74) is 1.08.